The molecule has 2 atom stereocenters. The van der Waals surface area contributed by atoms with Crippen LogP contribution in [0.5, 0.6) is 5.75 Å². The minimum absolute atomic E-state index is 0.0149. The molecule has 1 heterocycles. The Bertz CT molecular complexity index is 741. The van der Waals surface area contributed by atoms with Crippen LogP contribution in [0.2, 0.25) is 0 Å². The molecule has 0 aliphatic heterocycles. The average molecular weight is 355 g/mol. The summed E-state index contributed by atoms with van der Waals surface area (Å²) in [5, 5.41) is 7.32. The standard InChI is InChI=1S/C20H27N4O2/c1-23(2)19-10-5-4-9-18(19)22-20(25)14-26-17-8-6-7-15(11-17)16-12-21-24(3)13-16/h7-8,11-13,18-19H,4-5,9-10,14H2,1-3H3,(H,22,25)/t18-,19-/m0/s1. The minimum Gasteiger partial charge on any atom is -0.484 e. The van der Waals surface area contributed by atoms with Crippen LogP contribution in [0.15, 0.2) is 30.6 Å². The Hall–Kier alpha value is -2.34. The number of rotatable bonds is 6. The lowest BCUT2D eigenvalue weighted by molar-refractivity contribution is -0.124. The molecule has 6 nitrogen and oxygen atoms in total. The van der Waals surface area contributed by atoms with Crippen LogP contribution in [-0.2, 0) is 11.8 Å². The number of carbonyl (C=O) groups excluding carboxylic acids is 1. The summed E-state index contributed by atoms with van der Waals surface area (Å²) in [4.78, 5) is 14.5. The number of hydrogen-bond acceptors (Lipinski definition) is 4. The van der Waals surface area contributed by atoms with Crippen LogP contribution < -0.4 is 10.1 Å². The van der Waals surface area contributed by atoms with Crippen LogP contribution in [0.4, 0.5) is 0 Å². The maximum atomic E-state index is 12.3. The third kappa shape index (κ3) is 4.64. The Labute approximate surface area is 155 Å². The summed E-state index contributed by atoms with van der Waals surface area (Å²) in [6, 6.07) is 9.20. The van der Waals surface area contributed by atoms with E-state index in [1.54, 1.807) is 16.9 Å². The number of nitrogens with one attached hydrogen (secondary N) is 1. The van der Waals surface area contributed by atoms with Gasteiger partial charge in [-0.05, 0) is 56.8 Å². The molecule has 1 aliphatic carbocycles. The van der Waals surface area contributed by atoms with E-state index < -0.39 is 0 Å². The molecule has 0 saturated heterocycles. The Morgan fingerprint density at radius 2 is 2.15 bits per heavy atom. The molecule has 1 radical (unpaired) electrons. The van der Waals surface area contributed by atoms with Crippen molar-refractivity contribution in [1.29, 1.82) is 0 Å². The van der Waals surface area contributed by atoms with E-state index in [9.17, 15) is 4.79 Å². The molecule has 1 amide bonds. The summed E-state index contributed by atoms with van der Waals surface area (Å²) in [6.45, 7) is 0.0149. The fourth-order valence-electron chi connectivity index (χ4n) is 3.57. The van der Waals surface area contributed by atoms with Gasteiger partial charge in [0.15, 0.2) is 6.61 Å². The van der Waals surface area contributed by atoms with Gasteiger partial charge in [-0.15, -0.1) is 0 Å². The SMILES string of the molecule is CN(C)[C@H]1CCCC[C@@H]1NC(=O)COc1c[c]cc(-c2cnn(C)c2)c1. The first-order chi connectivity index (χ1) is 12.5. The fraction of sp³-hybridized carbons (Fsp3) is 0.500. The molecule has 26 heavy (non-hydrogen) atoms. The molecule has 139 valence electrons. The molecular formula is C20H27N4O2. The van der Waals surface area contributed by atoms with Crippen molar-refractivity contribution in [1.82, 2.24) is 20.0 Å². The third-order valence-electron chi connectivity index (χ3n) is 4.91. The zero-order valence-electron chi connectivity index (χ0n) is 15.7. The number of ether oxygens (including phenoxy) is 1. The first-order valence-electron chi connectivity index (χ1n) is 9.11. The zero-order valence-corrected chi connectivity index (χ0v) is 15.7. The monoisotopic (exact) mass is 355 g/mol. The summed E-state index contributed by atoms with van der Waals surface area (Å²) in [7, 11) is 6.03. The van der Waals surface area contributed by atoms with Crippen molar-refractivity contribution >= 4 is 5.91 Å². The quantitative estimate of drug-likeness (QED) is 0.863. The van der Waals surface area contributed by atoms with Crippen molar-refractivity contribution in [2.75, 3.05) is 20.7 Å². The molecule has 6 heteroatoms. The number of carbonyl (C=O) groups is 1. The van der Waals surface area contributed by atoms with E-state index in [4.69, 9.17) is 4.74 Å². The molecule has 1 saturated carbocycles. The molecule has 1 fully saturated rings. The normalized spacial score (nSPS) is 20.2. The van der Waals surface area contributed by atoms with E-state index in [1.807, 2.05) is 25.4 Å². The van der Waals surface area contributed by atoms with Crippen molar-refractivity contribution in [3.05, 3.63) is 36.7 Å². The van der Waals surface area contributed by atoms with E-state index in [0.29, 0.717) is 11.8 Å². The van der Waals surface area contributed by atoms with Gasteiger partial charge in [0.25, 0.3) is 5.91 Å². The van der Waals surface area contributed by atoms with Gasteiger partial charge >= 0.3 is 0 Å². The highest BCUT2D eigenvalue weighted by atomic mass is 16.5. The largest absolute Gasteiger partial charge is 0.484 e. The van der Waals surface area contributed by atoms with Gasteiger partial charge in [-0.3, -0.25) is 9.48 Å². The number of hydrogen-bond donors (Lipinski definition) is 1. The second kappa shape index (κ2) is 8.36. The van der Waals surface area contributed by atoms with Crippen LogP contribution in [0.3, 0.4) is 0 Å². The minimum atomic E-state index is -0.0736. The summed E-state index contributed by atoms with van der Waals surface area (Å²) >= 11 is 0. The molecule has 3 rings (SSSR count). The van der Waals surface area contributed by atoms with Gasteiger partial charge in [0.2, 0.25) is 0 Å². The Morgan fingerprint density at radius 1 is 1.35 bits per heavy atom. The second-order valence-electron chi connectivity index (χ2n) is 7.14. The number of nitrogens with zero attached hydrogens (tertiary/aromatic N) is 3. The Kier molecular flexibility index (Phi) is 5.93. The molecular weight excluding hydrogens is 328 g/mol. The van der Waals surface area contributed by atoms with Gasteiger partial charge < -0.3 is 15.0 Å². The number of aromatic nitrogens is 2. The molecule has 0 spiro atoms. The highest BCUT2D eigenvalue weighted by Gasteiger charge is 2.27. The van der Waals surface area contributed by atoms with Crippen LogP contribution in [0.1, 0.15) is 25.7 Å². The van der Waals surface area contributed by atoms with Gasteiger partial charge in [0, 0.05) is 30.9 Å². The molecule has 2 aromatic rings. The van der Waals surface area contributed by atoms with Gasteiger partial charge in [-0.25, -0.2) is 0 Å². The zero-order chi connectivity index (χ0) is 18.5. The molecule has 0 unspecified atom stereocenters. The lowest BCUT2D eigenvalue weighted by atomic mass is 9.89. The maximum absolute atomic E-state index is 12.3. The van der Waals surface area contributed by atoms with Crippen LogP contribution in [-0.4, -0.2) is 53.4 Å². The predicted molar refractivity (Wildman–Crippen MR) is 101 cm³/mol. The smallest absolute Gasteiger partial charge is 0.258 e. The van der Waals surface area contributed by atoms with Gasteiger partial charge in [0.05, 0.1) is 6.20 Å². The topological polar surface area (TPSA) is 59.4 Å². The van der Waals surface area contributed by atoms with Crippen LogP contribution in [0.25, 0.3) is 11.1 Å². The highest BCUT2D eigenvalue weighted by Crippen LogP contribution is 2.23. The average Bonchev–Trinajstić information content (AvgIpc) is 3.07. The Balaban J connectivity index is 1.56. The molecule has 0 bridgehead atoms. The van der Waals surface area contributed by atoms with Crippen LogP contribution in [0, 0.1) is 6.07 Å². The van der Waals surface area contributed by atoms with E-state index in [-0.39, 0.29) is 18.6 Å². The maximum Gasteiger partial charge on any atom is 0.258 e. The first-order valence-corrected chi connectivity index (χ1v) is 9.11. The number of likely N-dealkylation sites (N-methyl/N-ethyl adjacent to an activating group) is 1. The molecule has 1 N–H and O–H groups in total. The van der Waals surface area contributed by atoms with E-state index in [1.165, 1.54) is 6.42 Å². The summed E-state index contributed by atoms with van der Waals surface area (Å²) in [6.07, 6.45) is 8.27. The van der Waals surface area contributed by atoms with Crippen molar-refractivity contribution < 1.29 is 9.53 Å². The lowest BCUT2D eigenvalue weighted by Crippen LogP contribution is -2.52. The van der Waals surface area contributed by atoms with Crippen molar-refractivity contribution in [2.24, 2.45) is 7.05 Å². The molecule has 1 aromatic heterocycles. The van der Waals surface area contributed by atoms with Crippen LogP contribution >= 0.6 is 0 Å². The fourth-order valence-corrected chi connectivity index (χ4v) is 3.57. The first kappa shape index (κ1) is 18.5. The highest BCUT2D eigenvalue weighted by molar-refractivity contribution is 5.78. The number of amides is 1. The second-order valence-corrected chi connectivity index (χ2v) is 7.14. The van der Waals surface area contributed by atoms with Gasteiger partial charge in [-0.2, -0.15) is 5.10 Å². The summed E-state index contributed by atoms with van der Waals surface area (Å²) < 4.78 is 7.44. The summed E-state index contributed by atoms with van der Waals surface area (Å²) in [5.41, 5.74) is 1.96. The van der Waals surface area contributed by atoms with E-state index in [2.05, 4.69) is 35.5 Å². The lowest BCUT2D eigenvalue weighted by Gasteiger charge is -2.36. The van der Waals surface area contributed by atoms with Crippen molar-refractivity contribution in [3.8, 4) is 16.9 Å². The van der Waals surface area contributed by atoms with Gasteiger partial charge in [0.1, 0.15) is 5.75 Å². The number of benzene rings is 1. The van der Waals surface area contributed by atoms with Crippen molar-refractivity contribution in [2.45, 2.75) is 37.8 Å². The predicted octanol–water partition coefficient (Wildman–Crippen LogP) is 2.26. The summed E-state index contributed by atoms with van der Waals surface area (Å²) in [5.74, 6) is 0.560. The molecule has 1 aromatic carbocycles. The van der Waals surface area contributed by atoms with Gasteiger partial charge in [-0.1, -0.05) is 12.8 Å². The van der Waals surface area contributed by atoms with E-state index in [0.717, 1.165) is 30.4 Å². The van der Waals surface area contributed by atoms with E-state index >= 15 is 0 Å². The molecule has 1 aliphatic rings. The van der Waals surface area contributed by atoms with Crippen molar-refractivity contribution in [3.63, 3.8) is 0 Å². The number of aryl methyl sites for hydroxylation is 1. The third-order valence-corrected chi connectivity index (χ3v) is 4.91. The Morgan fingerprint density at radius 3 is 2.88 bits per heavy atom.